The number of hydrogen-bond donors (Lipinski definition) is 1. The van der Waals surface area contributed by atoms with Gasteiger partial charge in [0, 0.05) is 11.8 Å². The number of aromatic nitrogens is 1. The van der Waals surface area contributed by atoms with E-state index in [1.54, 1.807) is 0 Å². The summed E-state index contributed by atoms with van der Waals surface area (Å²) in [7, 11) is 0. The Morgan fingerprint density at radius 1 is 1.40 bits per heavy atom. The van der Waals surface area contributed by atoms with Gasteiger partial charge >= 0.3 is 0 Å². The van der Waals surface area contributed by atoms with Crippen LogP contribution in [-0.2, 0) is 6.61 Å². The Balaban J connectivity index is 2.38. The van der Waals surface area contributed by atoms with Crippen LogP contribution in [0.25, 0.3) is 5.57 Å². The summed E-state index contributed by atoms with van der Waals surface area (Å²) in [6, 6.07) is 1.94. The van der Waals surface area contributed by atoms with Crippen LogP contribution in [0.5, 0.6) is 0 Å². The van der Waals surface area contributed by atoms with E-state index in [4.69, 9.17) is 5.11 Å². The van der Waals surface area contributed by atoms with Crippen LogP contribution in [0.4, 0.5) is 0 Å². The smallest absolute Gasteiger partial charge is 0.0853 e. The largest absolute Gasteiger partial charge is 0.390 e. The van der Waals surface area contributed by atoms with E-state index >= 15 is 0 Å². The maximum absolute atomic E-state index is 8.97. The van der Waals surface area contributed by atoms with Crippen LogP contribution in [0.15, 0.2) is 30.0 Å². The Morgan fingerprint density at radius 2 is 2.20 bits per heavy atom. The predicted octanol–water partition coefficient (Wildman–Crippen LogP) is 2.62. The van der Waals surface area contributed by atoms with Gasteiger partial charge in [-0.15, -0.1) is 0 Å². The van der Waals surface area contributed by atoms with Crippen molar-refractivity contribution in [2.45, 2.75) is 26.9 Å². The molecule has 15 heavy (non-hydrogen) atoms. The van der Waals surface area contributed by atoms with Crippen molar-refractivity contribution in [3.8, 4) is 0 Å². The molecule has 0 fully saturated rings. The molecule has 0 saturated heterocycles. The number of aryl methyl sites for hydroxylation is 1. The van der Waals surface area contributed by atoms with Gasteiger partial charge in [-0.2, -0.15) is 0 Å². The minimum Gasteiger partial charge on any atom is -0.390 e. The van der Waals surface area contributed by atoms with Crippen LogP contribution in [-0.4, -0.2) is 10.1 Å². The van der Waals surface area contributed by atoms with E-state index in [-0.39, 0.29) is 6.61 Å². The highest BCUT2D eigenvalue weighted by molar-refractivity contribution is 5.78. The van der Waals surface area contributed by atoms with E-state index in [2.05, 4.69) is 31.0 Å². The number of rotatable bonds is 2. The molecular weight excluding hydrogens is 186 g/mol. The average Bonchev–Trinajstić information content (AvgIpc) is 2.64. The topological polar surface area (TPSA) is 33.1 Å². The van der Waals surface area contributed by atoms with E-state index in [1.807, 2.05) is 12.3 Å². The first-order valence-electron chi connectivity index (χ1n) is 5.15. The molecule has 0 spiro atoms. The fraction of sp³-hybridized carbons (Fsp3) is 0.308. The molecule has 1 aromatic rings. The molecule has 1 aromatic heterocycles. The highest BCUT2D eigenvalue weighted by atomic mass is 16.3. The molecule has 0 unspecified atom stereocenters. The fourth-order valence-electron chi connectivity index (χ4n) is 1.84. The minimum absolute atomic E-state index is 0.00896. The van der Waals surface area contributed by atoms with Crippen molar-refractivity contribution in [1.82, 2.24) is 4.98 Å². The first-order chi connectivity index (χ1) is 7.20. The highest BCUT2D eigenvalue weighted by Gasteiger charge is 2.08. The summed E-state index contributed by atoms with van der Waals surface area (Å²) >= 11 is 0. The van der Waals surface area contributed by atoms with Crippen molar-refractivity contribution in [2.24, 2.45) is 0 Å². The second-order valence-electron chi connectivity index (χ2n) is 4.00. The molecular formula is C13H15NO. The molecule has 0 amide bonds. The Bertz CT molecular complexity index is 444. The Hall–Kier alpha value is -1.41. The fourth-order valence-corrected chi connectivity index (χ4v) is 1.84. The first-order valence-corrected chi connectivity index (χ1v) is 5.15. The van der Waals surface area contributed by atoms with Crippen molar-refractivity contribution in [3.63, 3.8) is 0 Å². The first kappa shape index (κ1) is 10.1. The van der Waals surface area contributed by atoms with Gasteiger partial charge in [0.2, 0.25) is 0 Å². The molecule has 1 N–H and O–H groups in total. The lowest BCUT2D eigenvalue weighted by atomic mass is 10.0. The second kappa shape index (κ2) is 3.99. The molecule has 0 aliphatic heterocycles. The van der Waals surface area contributed by atoms with E-state index in [9.17, 15) is 0 Å². The molecule has 1 aliphatic carbocycles. The van der Waals surface area contributed by atoms with E-state index in [1.165, 1.54) is 22.3 Å². The standard InChI is InChI=1S/C13H15NO/c1-9-3-4-11(5-9)13-7-14-12(8-15)6-10(13)2/h4-7,15H,3,8H2,1-2H3. The molecule has 2 rings (SSSR count). The molecule has 1 aliphatic rings. The zero-order chi connectivity index (χ0) is 10.8. The minimum atomic E-state index is 0.00896. The Morgan fingerprint density at radius 3 is 2.73 bits per heavy atom. The Kier molecular flexibility index (Phi) is 2.69. The second-order valence-corrected chi connectivity index (χ2v) is 4.00. The third kappa shape index (κ3) is 2.00. The van der Waals surface area contributed by atoms with Crippen LogP contribution in [0.3, 0.4) is 0 Å². The van der Waals surface area contributed by atoms with Gasteiger partial charge < -0.3 is 5.11 Å². The number of pyridine rings is 1. The summed E-state index contributed by atoms with van der Waals surface area (Å²) < 4.78 is 0. The molecule has 0 saturated carbocycles. The van der Waals surface area contributed by atoms with Crippen LogP contribution < -0.4 is 0 Å². The van der Waals surface area contributed by atoms with Crippen LogP contribution >= 0.6 is 0 Å². The lowest BCUT2D eigenvalue weighted by Crippen LogP contribution is -1.94. The zero-order valence-corrected chi connectivity index (χ0v) is 9.12. The van der Waals surface area contributed by atoms with Gasteiger partial charge in [0.1, 0.15) is 0 Å². The van der Waals surface area contributed by atoms with Gasteiger partial charge in [0.25, 0.3) is 0 Å². The molecule has 2 heteroatoms. The zero-order valence-electron chi connectivity index (χ0n) is 9.12. The monoisotopic (exact) mass is 201 g/mol. The SMILES string of the molecule is CC1=CC(c2cnc(CO)cc2C)=CC1. The Labute approximate surface area is 90.0 Å². The number of aliphatic hydroxyl groups is 1. The third-order valence-corrected chi connectivity index (χ3v) is 2.69. The molecule has 78 valence electrons. The molecule has 1 heterocycles. The van der Waals surface area contributed by atoms with Crippen LogP contribution in [0.2, 0.25) is 0 Å². The van der Waals surface area contributed by atoms with Crippen LogP contribution in [0.1, 0.15) is 30.2 Å². The summed E-state index contributed by atoms with van der Waals surface area (Å²) in [5.41, 5.74) is 5.71. The normalized spacial score (nSPS) is 15.1. The van der Waals surface area contributed by atoms with Gasteiger partial charge in [-0.25, -0.2) is 0 Å². The van der Waals surface area contributed by atoms with Gasteiger partial charge in [0.05, 0.1) is 12.3 Å². The summed E-state index contributed by atoms with van der Waals surface area (Å²) in [6.07, 6.45) is 7.30. The molecule has 2 nitrogen and oxygen atoms in total. The number of allylic oxidation sites excluding steroid dienone is 4. The predicted molar refractivity (Wildman–Crippen MR) is 61.2 cm³/mol. The van der Waals surface area contributed by atoms with Crippen molar-refractivity contribution in [3.05, 3.63) is 46.8 Å². The van der Waals surface area contributed by atoms with Crippen molar-refractivity contribution < 1.29 is 5.11 Å². The summed E-state index contributed by atoms with van der Waals surface area (Å²) in [5, 5.41) is 8.97. The van der Waals surface area contributed by atoms with E-state index in [0.717, 1.165) is 12.1 Å². The molecule has 0 atom stereocenters. The molecule has 0 bridgehead atoms. The summed E-state index contributed by atoms with van der Waals surface area (Å²) in [4.78, 5) is 4.21. The van der Waals surface area contributed by atoms with Crippen molar-refractivity contribution in [1.29, 1.82) is 0 Å². The lowest BCUT2D eigenvalue weighted by molar-refractivity contribution is 0.277. The van der Waals surface area contributed by atoms with Crippen LogP contribution in [0, 0.1) is 6.92 Å². The quantitative estimate of drug-likeness (QED) is 0.797. The van der Waals surface area contributed by atoms with Gasteiger partial charge in [-0.1, -0.05) is 17.7 Å². The van der Waals surface area contributed by atoms with Gasteiger partial charge in [0.15, 0.2) is 0 Å². The molecule has 0 radical (unpaired) electrons. The van der Waals surface area contributed by atoms with E-state index < -0.39 is 0 Å². The highest BCUT2D eigenvalue weighted by Crippen LogP contribution is 2.27. The van der Waals surface area contributed by atoms with E-state index in [0.29, 0.717) is 0 Å². The number of aliphatic hydroxyl groups excluding tert-OH is 1. The van der Waals surface area contributed by atoms with Crippen molar-refractivity contribution >= 4 is 5.57 Å². The van der Waals surface area contributed by atoms with Crippen molar-refractivity contribution in [2.75, 3.05) is 0 Å². The number of hydrogen-bond acceptors (Lipinski definition) is 2. The maximum atomic E-state index is 8.97. The summed E-state index contributed by atoms with van der Waals surface area (Å²) in [5.74, 6) is 0. The average molecular weight is 201 g/mol. The van der Waals surface area contributed by atoms with Gasteiger partial charge in [-0.3, -0.25) is 4.98 Å². The summed E-state index contributed by atoms with van der Waals surface area (Å²) in [6.45, 7) is 4.20. The number of nitrogens with zero attached hydrogens (tertiary/aromatic N) is 1. The maximum Gasteiger partial charge on any atom is 0.0853 e. The lowest BCUT2D eigenvalue weighted by Gasteiger charge is -2.06. The molecule has 0 aromatic carbocycles. The third-order valence-electron chi connectivity index (χ3n) is 2.69. The van der Waals surface area contributed by atoms with Gasteiger partial charge in [-0.05, 0) is 37.5 Å².